The standard InChI is InChI=1S/C10H8.C5H8N4O12/c1-2-6-10-8-4-3-7-9(10)5-1;10-6(11)18-1-5(2-19-7(12)13,3-20-8(14)15)4-21-9(16)17/h1-8H;1-4H2. The van der Waals surface area contributed by atoms with Crippen LogP contribution >= 0.6 is 0 Å². The zero-order chi connectivity index (χ0) is 23.3. The van der Waals surface area contributed by atoms with Crippen molar-refractivity contribution < 1.29 is 39.7 Å². The molecule has 0 N–H and O–H groups in total. The van der Waals surface area contributed by atoms with E-state index in [0.29, 0.717) is 0 Å². The van der Waals surface area contributed by atoms with E-state index in [4.69, 9.17) is 0 Å². The average Bonchev–Trinajstić information content (AvgIpc) is 2.73. The van der Waals surface area contributed by atoms with Gasteiger partial charge in [0.25, 0.3) is 20.3 Å². The van der Waals surface area contributed by atoms with Crippen LogP contribution in [0.25, 0.3) is 10.8 Å². The third kappa shape index (κ3) is 10.0. The maximum atomic E-state index is 10.1. The quantitative estimate of drug-likeness (QED) is 0.338. The summed E-state index contributed by atoms with van der Waals surface area (Å²) in [4.78, 5) is 56.2. The van der Waals surface area contributed by atoms with Crippen LogP contribution in [0.1, 0.15) is 0 Å². The molecule has 2 rings (SSSR count). The maximum Gasteiger partial charge on any atom is 0.294 e. The van der Waals surface area contributed by atoms with Crippen LogP contribution in [0.2, 0.25) is 0 Å². The second-order valence-corrected chi connectivity index (χ2v) is 5.84. The van der Waals surface area contributed by atoms with Crippen molar-refractivity contribution in [3.63, 3.8) is 0 Å². The van der Waals surface area contributed by atoms with Crippen LogP contribution in [0.3, 0.4) is 0 Å². The molecular formula is C15H16N4O12. The van der Waals surface area contributed by atoms with E-state index < -0.39 is 52.2 Å². The van der Waals surface area contributed by atoms with Crippen molar-refractivity contribution in [3.8, 4) is 0 Å². The van der Waals surface area contributed by atoms with Gasteiger partial charge in [-0.1, -0.05) is 48.5 Å². The molecule has 0 bridgehead atoms. The van der Waals surface area contributed by atoms with Crippen LogP contribution in [0.15, 0.2) is 48.5 Å². The molecule has 0 radical (unpaired) electrons. The van der Waals surface area contributed by atoms with E-state index >= 15 is 0 Å². The number of benzene rings is 2. The summed E-state index contributed by atoms with van der Waals surface area (Å²) in [6, 6.07) is 16.7. The van der Waals surface area contributed by atoms with Gasteiger partial charge < -0.3 is 19.4 Å². The van der Waals surface area contributed by atoms with Gasteiger partial charge in [-0.25, -0.2) is 0 Å². The maximum absolute atomic E-state index is 10.1. The molecule has 0 aliphatic rings. The molecule has 0 saturated carbocycles. The Kier molecular flexibility index (Phi) is 9.61. The molecule has 0 aliphatic carbocycles. The Morgan fingerprint density at radius 2 is 0.774 bits per heavy atom. The van der Waals surface area contributed by atoms with Gasteiger partial charge in [-0.05, 0) is 10.8 Å². The molecule has 0 heterocycles. The molecule has 0 atom stereocenters. The summed E-state index contributed by atoms with van der Waals surface area (Å²) in [5, 5.41) is 37.9. The predicted octanol–water partition coefficient (Wildman–Crippen LogP) is 1.65. The normalized spacial score (nSPS) is 10.2. The smallest absolute Gasteiger partial charge is 0.294 e. The number of hydrogen-bond donors (Lipinski definition) is 0. The average molecular weight is 444 g/mol. The van der Waals surface area contributed by atoms with Crippen molar-refractivity contribution in [2.75, 3.05) is 26.4 Å². The molecule has 0 fully saturated rings. The minimum atomic E-state index is -2.03. The van der Waals surface area contributed by atoms with Crippen LogP contribution in [0, 0.1) is 45.9 Å². The lowest BCUT2D eigenvalue weighted by atomic mass is 9.92. The fourth-order valence-electron chi connectivity index (χ4n) is 2.14. The summed E-state index contributed by atoms with van der Waals surface area (Å²) in [5.41, 5.74) is -2.03. The SMILES string of the molecule is O=[N+]([O-])OCC(CO[N+](=O)[O-])(CO[N+](=O)[O-])CO[N+](=O)[O-].c1ccc2ccccc2c1. The Hall–Kier alpha value is -4.50. The monoisotopic (exact) mass is 444 g/mol. The molecule has 0 amide bonds. The highest BCUT2D eigenvalue weighted by Crippen LogP contribution is 2.21. The third-order valence-electron chi connectivity index (χ3n) is 3.56. The fraction of sp³-hybridized carbons (Fsp3) is 0.333. The van der Waals surface area contributed by atoms with Gasteiger partial charge in [0.2, 0.25) is 0 Å². The van der Waals surface area contributed by atoms with Gasteiger partial charge in [0.1, 0.15) is 26.4 Å². The van der Waals surface area contributed by atoms with Crippen LogP contribution in [-0.2, 0) is 19.4 Å². The zero-order valence-electron chi connectivity index (χ0n) is 15.6. The van der Waals surface area contributed by atoms with Gasteiger partial charge in [-0.15, -0.1) is 40.5 Å². The highest BCUT2D eigenvalue weighted by atomic mass is 17.0. The minimum absolute atomic E-state index is 1.03. The first-order valence-electron chi connectivity index (χ1n) is 8.16. The molecule has 2 aromatic carbocycles. The molecule has 0 saturated heterocycles. The van der Waals surface area contributed by atoms with Crippen LogP contribution in [0.4, 0.5) is 0 Å². The Balaban J connectivity index is 0.000000391. The van der Waals surface area contributed by atoms with Gasteiger partial charge in [-0.2, -0.15) is 0 Å². The van der Waals surface area contributed by atoms with E-state index in [1.54, 1.807) is 0 Å². The Morgan fingerprint density at radius 3 is 0.968 bits per heavy atom. The van der Waals surface area contributed by atoms with Crippen molar-refractivity contribution in [1.29, 1.82) is 0 Å². The second kappa shape index (κ2) is 12.1. The van der Waals surface area contributed by atoms with Crippen LogP contribution < -0.4 is 0 Å². The van der Waals surface area contributed by atoms with Crippen molar-refractivity contribution in [1.82, 2.24) is 0 Å². The highest BCUT2D eigenvalue weighted by molar-refractivity contribution is 5.81. The van der Waals surface area contributed by atoms with Crippen LogP contribution in [0.5, 0.6) is 0 Å². The summed E-state index contributed by atoms with van der Waals surface area (Å²) >= 11 is 0. The van der Waals surface area contributed by atoms with Gasteiger partial charge in [0.05, 0.1) is 5.41 Å². The van der Waals surface area contributed by atoms with E-state index in [1.807, 2.05) is 0 Å². The molecule has 2 aromatic rings. The molecule has 168 valence electrons. The van der Waals surface area contributed by atoms with E-state index in [0.717, 1.165) is 0 Å². The van der Waals surface area contributed by atoms with Crippen molar-refractivity contribution in [3.05, 3.63) is 89.0 Å². The molecule has 16 nitrogen and oxygen atoms in total. The summed E-state index contributed by atoms with van der Waals surface area (Å²) in [7, 11) is 0. The van der Waals surface area contributed by atoms with Gasteiger partial charge >= 0.3 is 0 Å². The van der Waals surface area contributed by atoms with Crippen molar-refractivity contribution in [2.24, 2.45) is 5.41 Å². The molecule has 0 unspecified atom stereocenters. The third-order valence-corrected chi connectivity index (χ3v) is 3.56. The van der Waals surface area contributed by atoms with Crippen molar-refractivity contribution in [2.45, 2.75) is 0 Å². The molecule has 0 spiro atoms. The molecule has 31 heavy (non-hydrogen) atoms. The largest absolute Gasteiger partial charge is 0.313 e. The summed E-state index contributed by atoms with van der Waals surface area (Å²) < 4.78 is 0. The second-order valence-electron chi connectivity index (χ2n) is 5.84. The summed E-state index contributed by atoms with van der Waals surface area (Å²) in [5.74, 6) is 0. The molecule has 0 aromatic heterocycles. The summed E-state index contributed by atoms with van der Waals surface area (Å²) in [6.45, 7) is -4.13. The lowest BCUT2D eigenvalue weighted by Crippen LogP contribution is -2.43. The Labute approximate surface area is 172 Å². The van der Waals surface area contributed by atoms with Gasteiger partial charge in [-0.3, -0.25) is 0 Å². The molecule has 0 aliphatic heterocycles. The first-order chi connectivity index (χ1) is 14.6. The fourth-order valence-corrected chi connectivity index (χ4v) is 2.14. The first kappa shape index (κ1) is 24.5. The topological polar surface area (TPSA) is 209 Å². The number of fused-ring (bicyclic) bond motifs is 1. The lowest BCUT2D eigenvalue weighted by Gasteiger charge is -2.28. The van der Waals surface area contributed by atoms with Gasteiger partial charge in [0, 0.05) is 0 Å². The number of rotatable bonds is 12. The van der Waals surface area contributed by atoms with E-state index in [2.05, 4.69) is 67.9 Å². The highest BCUT2D eigenvalue weighted by Gasteiger charge is 2.37. The van der Waals surface area contributed by atoms with Crippen molar-refractivity contribution >= 4 is 10.8 Å². The molecular weight excluding hydrogens is 428 g/mol. The van der Waals surface area contributed by atoms with Crippen LogP contribution in [-0.4, -0.2) is 46.8 Å². The Bertz CT molecular complexity index is 765. The predicted molar refractivity (Wildman–Crippen MR) is 98.2 cm³/mol. The Morgan fingerprint density at radius 1 is 0.548 bits per heavy atom. The summed E-state index contributed by atoms with van der Waals surface area (Å²) in [6.07, 6.45) is 0. The van der Waals surface area contributed by atoms with E-state index in [1.165, 1.54) is 10.8 Å². The lowest BCUT2D eigenvalue weighted by molar-refractivity contribution is -0.792. The van der Waals surface area contributed by atoms with Gasteiger partial charge in [0.15, 0.2) is 0 Å². The van der Waals surface area contributed by atoms with E-state index in [9.17, 15) is 40.5 Å². The number of nitrogens with zero attached hydrogens (tertiary/aromatic N) is 4. The minimum Gasteiger partial charge on any atom is -0.313 e. The molecule has 16 heteroatoms. The van der Waals surface area contributed by atoms with E-state index in [-0.39, 0.29) is 0 Å². The zero-order valence-corrected chi connectivity index (χ0v) is 15.6. The first-order valence-corrected chi connectivity index (χ1v) is 8.16. The number of hydrogen-bond acceptors (Lipinski definition) is 12.